The minimum absolute atomic E-state index is 0.215. The molecule has 3 aromatic rings. The number of carbonyl (C=O) groups is 1. The Labute approximate surface area is 185 Å². The number of ether oxygens (including phenoxy) is 1. The fourth-order valence-electron chi connectivity index (χ4n) is 3.33. The molecule has 31 heavy (non-hydrogen) atoms. The number of hydrogen-bond donors (Lipinski definition) is 0. The van der Waals surface area contributed by atoms with Gasteiger partial charge < -0.3 is 9.15 Å². The van der Waals surface area contributed by atoms with Gasteiger partial charge in [0.1, 0.15) is 17.3 Å². The summed E-state index contributed by atoms with van der Waals surface area (Å²) < 4.78 is 40.5. The maximum absolute atomic E-state index is 14.8. The van der Waals surface area contributed by atoms with Gasteiger partial charge in [-0.05, 0) is 44.0 Å². The van der Waals surface area contributed by atoms with Crippen LogP contribution in [0, 0.1) is 11.6 Å². The van der Waals surface area contributed by atoms with Crippen molar-refractivity contribution >= 4 is 17.4 Å². The quantitative estimate of drug-likeness (QED) is 0.322. The lowest BCUT2D eigenvalue weighted by atomic mass is 10.1. The first kappa shape index (κ1) is 22.9. The van der Waals surface area contributed by atoms with Gasteiger partial charge in [0.05, 0.1) is 5.56 Å². The predicted octanol–water partition coefficient (Wildman–Crippen LogP) is 7.35. The van der Waals surface area contributed by atoms with Crippen LogP contribution in [0.5, 0.6) is 5.75 Å². The van der Waals surface area contributed by atoms with Crippen molar-refractivity contribution in [3.8, 4) is 17.0 Å². The smallest absolute Gasteiger partial charge is 0.236 e. The Kier molecular flexibility index (Phi) is 7.44. The normalized spacial score (nSPS) is 12.1. The third-order valence-electron chi connectivity index (χ3n) is 4.81. The first-order valence-electron chi connectivity index (χ1n) is 10.3. The van der Waals surface area contributed by atoms with Crippen molar-refractivity contribution in [2.75, 3.05) is 0 Å². The minimum Gasteiger partial charge on any atom is -0.478 e. The lowest BCUT2D eigenvalue weighted by Gasteiger charge is -2.17. The third-order valence-corrected chi connectivity index (χ3v) is 5.06. The van der Waals surface area contributed by atoms with Gasteiger partial charge in [0.25, 0.3) is 0 Å². The second-order valence-corrected chi connectivity index (χ2v) is 7.70. The molecule has 0 fully saturated rings. The van der Waals surface area contributed by atoms with Crippen molar-refractivity contribution in [3.05, 3.63) is 70.3 Å². The number of hydrogen-bond acceptors (Lipinski definition) is 4. The molecular weight excluding hydrogens is 424 g/mol. The monoisotopic (exact) mass is 447 g/mol. The highest BCUT2D eigenvalue weighted by Gasteiger charge is 2.26. The molecule has 4 nitrogen and oxygen atoms in total. The molecular formula is C24H24ClF2NO3. The molecule has 0 N–H and O–H groups in total. The fraction of sp³-hybridized carbons (Fsp3) is 0.333. The maximum Gasteiger partial charge on any atom is 0.236 e. The summed E-state index contributed by atoms with van der Waals surface area (Å²) in [5.41, 5.74) is 0.917. The van der Waals surface area contributed by atoms with Crippen molar-refractivity contribution in [1.82, 2.24) is 4.98 Å². The number of aryl methyl sites for hydroxylation is 1. The number of rotatable bonds is 9. The van der Waals surface area contributed by atoms with Crippen LogP contribution >= 0.6 is 11.6 Å². The van der Waals surface area contributed by atoms with E-state index in [0.717, 1.165) is 31.4 Å². The summed E-state index contributed by atoms with van der Waals surface area (Å²) in [7, 11) is 0. The van der Waals surface area contributed by atoms with Gasteiger partial charge in [-0.2, -0.15) is 0 Å². The Bertz CT molecular complexity index is 1060. The average Bonchev–Trinajstić information content (AvgIpc) is 3.14. The highest BCUT2D eigenvalue weighted by atomic mass is 35.5. The summed E-state index contributed by atoms with van der Waals surface area (Å²) in [6.07, 6.45) is 2.04. The molecule has 1 heterocycles. The Morgan fingerprint density at radius 2 is 1.84 bits per heavy atom. The summed E-state index contributed by atoms with van der Waals surface area (Å²) in [5, 5.41) is 0.616. The van der Waals surface area contributed by atoms with E-state index in [4.69, 9.17) is 20.8 Å². The summed E-state index contributed by atoms with van der Waals surface area (Å²) in [6, 6.07) is 9.47. The second-order valence-electron chi connectivity index (χ2n) is 7.27. The molecule has 3 rings (SSSR count). The minimum atomic E-state index is -1.02. The van der Waals surface area contributed by atoms with E-state index >= 15 is 0 Å². The van der Waals surface area contributed by atoms with Crippen LogP contribution in [-0.2, 0) is 6.42 Å². The number of ketones is 1. The van der Waals surface area contributed by atoms with E-state index in [1.807, 2.05) is 26.0 Å². The first-order valence-corrected chi connectivity index (χ1v) is 10.6. The van der Waals surface area contributed by atoms with Gasteiger partial charge in [-0.25, -0.2) is 13.8 Å². The number of oxazole rings is 1. The van der Waals surface area contributed by atoms with Gasteiger partial charge in [0.2, 0.25) is 5.89 Å². The van der Waals surface area contributed by atoms with Gasteiger partial charge in [0.15, 0.2) is 23.5 Å². The molecule has 164 valence electrons. The summed E-state index contributed by atoms with van der Waals surface area (Å²) in [5.74, 6) is -1.85. The zero-order valence-electron chi connectivity index (χ0n) is 17.7. The van der Waals surface area contributed by atoms with Crippen LogP contribution in [0.4, 0.5) is 8.78 Å². The van der Waals surface area contributed by atoms with E-state index in [-0.39, 0.29) is 5.75 Å². The second kappa shape index (κ2) is 10.1. The Balaban J connectivity index is 2.00. The van der Waals surface area contributed by atoms with Crippen molar-refractivity contribution in [3.63, 3.8) is 0 Å². The van der Waals surface area contributed by atoms with Crippen LogP contribution in [0.25, 0.3) is 11.3 Å². The highest BCUT2D eigenvalue weighted by Crippen LogP contribution is 2.34. The number of carbonyl (C=O) groups excluding carboxylic acids is 1. The van der Waals surface area contributed by atoms with Crippen molar-refractivity contribution in [2.45, 2.75) is 52.6 Å². The number of benzene rings is 2. The van der Waals surface area contributed by atoms with E-state index in [1.165, 1.54) is 6.07 Å². The summed E-state index contributed by atoms with van der Waals surface area (Å²) in [6.45, 7) is 5.09. The lowest BCUT2D eigenvalue weighted by molar-refractivity contribution is 0.100. The summed E-state index contributed by atoms with van der Waals surface area (Å²) in [4.78, 5) is 16.3. The highest BCUT2D eigenvalue weighted by molar-refractivity contribution is 6.30. The molecule has 0 aliphatic carbocycles. The lowest BCUT2D eigenvalue weighted by Crippen LogP contribution is -2.11. The molecule has 1 unspecified atom stereocenters. The molecule has 0 aliphatic heterocycles. The standard InChI is InChI=1S/C24H24ClF2NO3/c1-4-6-19-23(15-8-10-16(25)11-9-15)28-24(31-19)20(7-5-2)30-18-13-12-17(26)21(14(3)29)22(18)27/h8-13,20H,4-7H2,1-3H3. The first-order chi connectivity index (χ1) is 14.8. The van der Waals surface area contributed by atoms with Crippen molar-refractivity contribution in [2.24, 2.45) is 0 Å². The zero-order chi connectivity index (χ0) is 22.5. The van der Waals surface area contributed by atoms with E-state index in [0.29, 0.717) is 35.2 Å². The Hall–Kier alpha value is -2.73. The Morgan fingerprint density at radius 3 is 2.45 bits per heavy atom. The number of Topliss-reactive ketones (excluding diaryl/α,β-unsaturated/α-hetero) is 1. The van der Waals surface area contributed by atoms with Crippen LogP contribution in [0.2, 0.25) is 5.02 Å². The van der Waals surface area contributed by atoms with Gasteiger partial charge in [-0.1, -0.05) is 44.0 Å². The largest absolute Gasteiger partial charge is 0.478 e. The SMILES string of the molecule is CCCc1oc(C(CCC)Oc2ccc(F)c(C(C)=O)c2F)nc1-c1ccc(Cl)cc1. The molecule has 0 radical (unpaired) electrons. The van der Waals surface area contributed by atoms with Crippen LogP contribution < -0.4 is 4.74 Å². The molecule has 1 aromatic heterocycles. The molecule has 0 saturated carbocycles. The zero-order valence-corrected chi connectivity index (χ0v) is 18.4. The molecule has 2 aromatic carbocycles. The molecule has 0 amide bonds. The van der Waals surface area contributed by atoms with Crippen LogP contribution in [0.15, 0.2) is 40.8 Å². The molecule has 7 heteroatoms. The maximum atomic E-state index is 14.8. The van der Waals surface area contributed by atoms with Gasteiger partial charge in [-0.3, -0.25) is 4.79 Å². The van der Waals surface area contributed by atoms with E-state index in [1.54, 1.807) is 12.1 Å². The molecule has 1 atom stereocenters. The predicted molar refractivity (Wildman–Crippen MR) is 116 cm³/mol. The van der Waals surface area contributed by atoms with Crippen molar-refractivity contribution < 1.29 is 22.7 Å². The molecule has 0 saturated heterocycles. The van der Waals surface area contributed by atoms with Gasteiger partial charge >= 0.3 is 0 Å². The van der Waals surface area contributed by atoms with Crippen LogP contribution in [0.1, 0.15) is 68.1 Å². The third kappa shape index (κ3) is 5.13. The van der Waals surface area contributed by atoms with Crippen molar-refractivity contribution in [1.29, 1.82) is 0 Å². The van der Waals surface area contributed by atoms with Gasteiger partial charge in [-0.15, -0.1) is 0 Å². The number of aromatic nitrogens is 1. The molecule has 0 bridgehead atoms. The molecule has 0 aliphatic rings. The van der Waals surface area contributed by atoms with Gasteiger partial charge in [0, 0.05) is 17.0 Å². The van der Waals surface area contributed by atoms with E-state index in [9.17, 15) is 13.6 Å². The van der Waals surface area contributed by atoms with E-state index in [2.05, 4.69) is 4.98 Å². The Morgan fingerprint density at radius 1 is 1.13 bits per heavy atom. The van der Waals surface area contributed by atoms with E-state index < -0.39 is 29.1 Å². The number of nitrogens with zero attached hydrogens (tertiary/aromatic N) is 1. The summed E-state index contributed by atoms with van der Waals surface area (Å²) >= 11 is 6.00. The van der Waals surface area contributed by atoms with Crippen LogP contribution in [-0.4, -0.2) is 10.8 Å². The van der Waals surface area contributed by atoms with Crippen LogP contribution in [0.3, 0.4) is 0 Å². The fourth-order valence-corrected chi connectivity index (χ4v) is 3.46. The molecule has 0 spiro atoms. The number of halogens is 3. The topological polar surface area (TPSA) is 52.3 Å². The average molecular weight is 448 g/mol.